The number of hydrogen-bond donors (Lipinski definition) is 0. The van der Waals surface area contributed by atoms with Gasteiger partial charge in [0.1, 0.15) is 6.61 Å². The van der Waals surface area contributed by atoms with E-state index in [1.807, 2.05) is 34.6 Å². The first-order valence-electron chi connectivity index (χ1n) is 8.56. The molecule has 25 heavy (non-hydrogen) atoms. The van der Waals surface area contributed by atoms with Gasteiger partial charge in [-0.2, -0.15) is 0 Å². The first-order valence-corrected chi connectivity index (χ1v) is 8.56. The molecular formula is C18H30O7. The van der Waals surface area contributed by atoms with Gasteiger partial charge in [-0.1, -0.05) is 34.6 Å². The van der Waals surface area contributed by atoms with Gasteiger partial charge in [0, 0.05) is 19.8 Å². The zero-order valence-electron chi connectivity index (χ0n) is 16.2. The molecule has 1 aliphatic heterocycles. The van der Waals surface area contributed by atoms with Gasteiger partial charge in [-0.25, -0.2) is 0 Å². The maximum absolute atomic E-state index is 11.9. The molecule has 0 saturated carbocycles. The SMILES string of the molecule is CC(=O)OC1OC(COC(=O)CC(C)(C)C)C(C)C(C)C1OC(C)=O. The van der Waals surface area contributed by atoms with Crippen LogP contribution in [0.3, 0.4) is 0 Å². The first-order chi connectivity index (χ1) is 11.4. The van der Waals surface area contributed by atoms with Gasteiger partial charge in [-0.3, -0.25) is 14.4 Å². The van der Waals surface area contributed by atoms with Crippen LogP contribution < -0.4 is 0 Å². The largest absolute Gasteiger partial charge is 0.463 e. The number of hydrogen-bond acceptors (Lipinski definition) is 7. The summed E-state index contributed by atoms with van der Waals surface area (Å²) in [6, 6.07) is 0. The third-order valence-electron chi connectivity index (χ3n) is 4.18. The van der Waals surface area contributed by atoms with Crippen LogP contribution in [-0.4, -0.2) is 43.0 Å². The van der Waals surface area contributed by atoms with E-state index in [1.54, 1.807) is 0 Å². The van der Waals surface area contributed by atoms with E-state index in [1.165, 1.54) is 13.8 Å². The Kier molecular flexibility index (Phi) is 7.41. The van der Waals surface area contributed by atoms with Crippen LogP contribution in [0.25, 0.3) is 0 Å². The van der Waals surface area contributed by atoms with Gasteiger partial charge in [0.15, 0.2) is 6.10 Å². The summed E-state index contributed by atoms with van der Waals surface area (Å²) in [6.45, 7) is 12.3. The second kappa shape index (κ2) is 8.65. The second-order valence-electron chi connectivity index (χ2n) is 7.87. The van der Waals surface area contributed by atoms with Crippen molar-refractivity contribution >= 4 is 17.9 Å². The maximum atomic E-state index is 11.9. The molecule has 7 heteroatoms. The highest BCUT2D eigenvalue weighted by molar-refractivity contribution is 5.70. The smallest absolute Gasteiger partial charge is 0.306 e. The van der Waals surface area contributed by atoms with Crippen LogP contribution in [0.15, 0.2) is 0 Å². The second-order valence-corrected chi connectivity index (χ2v) is 7.87. The van der Waals surface area contributed by atoms with Gasteiger partial charge < -0.3 is 18.9 Å². The molecular weight excluding hydrogens is 328 g/mol. The normalized spacial score (nSPS) is 29.6. The summed E-state index contributed by atoms with van der Waals surface area (Å²) in [6.07, 6.45) is -1.86. The molecule has 0 N–H and O–H groups in total. The average Bonchev–Trinajstić information content (AvgIpc) is 2.42. The number of rotatable bonds is 5. The zero-order valence-corrected chi connectivity index (χ0v) is 16.2. The third kappa shape index (κ3) is 7.02. The van der Waals surface area contributed by atoms with Crippen molar-refractivity contribution in [2.75, 3.05) is 6.61 Å². The Bertz CT molecular complexity index is 494. The molecule has 5 unspecified atom stereocenters. The van der Waals surface area contributed by atoms with Crippen LogP contribution in [0.2, 0.25) is 0 Å². The number of carbonyl (C=O) groups is 3. The monoisotopic (exact) mass is 358 g/mol. The summed E-state index contributed by atoms with van der Waals surface area (Å²) in [7, 11) is 0. The van der Waals surface area contributed by atoms with Crippen molar-refractivity contribution in [2.24, 2.45) is 17.3 Å². The van der Waals surface area contributed by atoms with E-state index in [4.69, 9.17) is 18.9 Å². The summed E-state index contributed by atoms with van der Waals surface area (Å²) in [5.74, 6) is -1.50. The van der Waals surface area contributed by atoms with E-state index >= 15 is 0 Å². The van der Waals surface area contributed by atoms with Crippen molar-refractivity contribution in [3.05, 3.63) is 0 Å². The quantitative estimate of drug-likeness (QED) is 0.551. The molecule has 0 bridgehead atoms. The zero-order chi connectivity index (χ0) is 19.4. The van der Waals surface area contributed by atoms with Crippen LogP contribution in [0, 0.1) is 17.3 Å². The van der Waals surface area contributed by atoms with Gasteiger partial charge in [0.25, 0.3) is 0 Å². The predicted molar refractivity (Wildman–Crippen MR) is 89.3 cm³/mol. The molecule has 5 atom stereocenters. The Morgan fingerprint density at radius 3 is 2.00 bits per heavy atom. The maximum Gasteiger partial charge on any atom is 0.306 e. The Morgan fingerprint density at radius 2 is 1.52 bits per heavy atom. The fourth-order valence-electron chi connectivity index (χ4n) is 2.72. The van der Waals surface area contributed by atoms with E-state index in [2.05, 4.69) is 0 Å². The van der Waals surface area contributed by atoms with Crippen molar-refractivity contribution in [1.29, 1.82) is 0 Å². The molecule has 1 saturated heterocycles. The van der Waals surface area contributed by atoms with Crippen LogP contribution in [-0.2, 0) is 33.3 Å². The summed E-state index contributed by atoms with van der Waals surface area (Å²) in [5, 5.41) is 0. The molecule has 1 fully saturated rings. The molecule has 144 valence electrons. The summed E-state index contributed by atoms with van der Waals surface area (Å²) in [5.41, 5.74) is -0.163. The van der Waals surface area contributed by atoms with E-state index in [0.29, 0.717) is 6.42 Å². The molecule has 7 nitrogen and oxygen atoms in total. The summed E-state index contributed by atoms with van der Waals surface area (Å²) < 4.78 is 21.6. The van der Waals surface area contributed by atoms with Crippen LogP contribution >= 0.6 is 0 Å². The Balaban J connectivity index is 2.77. The van der Waals surface area contributed by atoms with Crippen molar-refractivity contribution in [2.45, 2.75) is 73.4 Å². The topological polar surface area (TPSA) is 88.1 Å². The molecule has 0 aromatic heterocycles. The highest BCUT2D eigenvalue weighted by Gasteiger charge is 2.45. The molecule has 0 amide bonds. The van der Waals surface area contributed by atoms with Crippen LogP contribution in [0.5, 0.6) is 0 Å². The highest BCUT2D eigenvalue weighted by Crippen LogP contribution is 2.34. The fourth-order valence-corrected chi connectivity index (χ4v) is 2.72. The Hall–Kier alpha value is -1.63. The van der Waals surface area contributed by atoms with E-state index in [-0.39, 0.29) is 29.8 Å². The highest BCUT2D eigenvalue weighted by atomic mass is 16.7. The molecule has 0 spiro atoms. The molecule has 1 aliphatic rings. The lowest BCUT2D eigenvalue weighted by molar-refractivity contribution is -0.271. The molecule has 1 rings (SSSR count). The minimum Gasteiger partial charge on any atom is -0.463 e. The standard InChI is InChI=1S/C18H30O7/c1-10-11(2)16(23-12(3)19)17(24-13(4)20)25-14(10)9-22-15(21)8-18(5,6)7/h10-11,14,16-17H,8-9H2,1-7H3. The molecule has 0 aromatic carbocycles. The van der Waals surface area contributed by atoms with Crippen molar-refractivity contribution in [3.63, 3.8) is 0 Å². The lowest BCUT2D eigenvalue weighted by atomic mass is 9.83. The van der Waals surface area contributed by atoms with E-state index in [9.17, 15) is 14.4 Å². The first kappa shape index (κ1) is 21.4. The van der Waals surface area contributed by atoms with Gasteiger partial charge in [0.05, 0.1) is 12.5 Å². The Morgan fingerprint density at radius 1 is 0.960 bits per heavy atom. The molecule has 0 aliphatic carbocycles. The molecule has 0 aromatic rings. The van der Waals surface area contributed by atoms with Crippen LogP contribution in [0.4, 0.5) is 0 Å². The van der Waals surface area contributed by atoms with Gasteiger partial charge in [-0.15, -0.1) is 0 Å². The van der Waals surface area contributed by atoms with E-state index < -0.39 is 30.4 Å². The minimum atomic E-state index is -1.01. The van der Waals surface area contributed by atoms with Crippen molar-refractivity contribution in [3.8, 4) is 0 Å². The predicted octanol–water partition coefficient (Wildman–Crippen LogP) is 2.46. The van der Waals surface area contributed by atoms with E-state index in [0.717, 1.165) is 0 Å². The number of carbonyl (C=O) groups excluding carboxylic acids is 3. The third-order valence-corrected chi connectivity index (χ3v) is 4.18. The molecule has 0 radical (unpaired) electrons. The van der Waals surface area contributed by atoms with Gasteiger partial charge >= 0.3 is 17.9 Å². The van der Waals surface area contributed by atoms with Gasteiger partial charge in [0.2, 0.25) is 6.29 Å². The molecule has 1 heterocycles. The minimum absolute atomic E-state index is 0.0569. The van der Waals surface area contributed by atoms with Gasteiger partial charge in [-0.05, 0) is 11.3 Å². The fraction of sp³-hybridized carbons (Fsp3) is 0.833. The Labute approximate surface area is 149 Å². The summed E-state index contributed by atoms with van der Waals surface area (Å²) >= 11 is 0. The lowest BCUT2D eigenvalue weighted by Crippen LogP contribution is -2.53. The number of ether oxygens (including phenoxy) is 4. The lowest BCUT2D eigenvalue weighted by Gasteiger charge is -2.42. The summed E-state index contributed by atoms with van der Waals surface area (Å²) in [4.78, 5) is 34.6. The van der Waals surface area contributed by atoms with Crippen LogP contribution in [0.1, 0.15) is 54.9 Å². The van der Waals surface area contributed by atoms with Crippen molar-refractivity contribution in [1.82, 2.24) is 0 Å². The van der Waals surface area contributed by atoms with Crippen molar-refractivity contribution < 1.29 is 33.3 Å². The average molecular weight is 358 g/mol. The number of esters is 3.